The van der Waals surface area contributed by atoms with Crippen molar-refractivity contribution in [1.82, 2.24) is 10.2 Å². The van der Waals surface area contributed by atoms with Gasteiger partial charge >= 0.3 is 18.2 Å². The van der Waals surface area contributed by atoms with E-state index in [-0.39, 0.29) is 12.5 Å². The first-order valence-electron chi connectivity index (χ1n) is 7.21. The smallest absolute Gasteiger partial charge is 0.444 e. The van der Waals surface area contributed by atoms with Crippen LogP contribution in [0.15, 0.2) is 0 Å². The molecule has 2 aliphatic rings. The summed E-state index contributed by atoms with van der Waals surface area (Å²) in [5, 5.41) is 1.59. The third-order valence-corrected chi connectivity index (χ3v) is 4.02. The number of rotatable bonds is 3. The van der Waals surface area contributed by atoms with Crippen LogP contribution in [0.1, 0.15) is 27.2 Å². The normalized spacial score (nSPS) is 26.5. The Hall–Kier alpha value is -1.80. The van der Waals surface area contributed by atoms with Crippen LogP contribution < -0.4 is 5.32 Å². The van der Waals surface area contributed by atoms with Crippen molar-refractivity contribution < 1.29 is 32.3 Å². The summed E-state index contributed by atoms with van der Waals surface area (Å²) < 4.78 is 41.6. The molecular weight excluding hydrogens is 317 g/mol. The van der Waals surface area contributed by atoms with Gasteiger partial charge in [0.15, 0.2) is 5.78 Å². The number of amides is 2. The van der Waals surface area contributed by atoms with Crippen LogP contribution >= 0.6 is 0 Å². The van der Waals surface area contributed by atoms with Gasteiger partial charge in [-0.3, -0.25) is 9.59 Å². The summed E-state index contributed by atoms with van der Waals surface area (Å²) in [4.78, 5) is 36.2. The Morgan fingerprint density at radius 3 is 2.39 bits per heavy atom. The standard InChI is InChI=1S/C14H19F3N2O4/c1-12(2,3)23-11(22)19-6-8-4-13(8,7-19)9(20)5-18-10(21)14(15,16)17/h8H,4-7H2,1-3H3,(H,18,21). The van der Waals surface area contributed by atoms with Gasteiger partial charge in [0.1, 0.15) is 5.60 Å². The average Bonchev–Trinajstić information content (AvgIpc) is 2.95. The Balaban J connectivity index is 1.89. The molecule has 0 bridgehead atoms. The van der Waals surface area contributed by atoms with E-state index in [1.165, 1.54) is 4.90 Å². The molecule has 2 unspecified atom stereocenters. The fourth-order valence-electron chi connectivity index (χ4n) is 2.82. The van der Waals surface area contributed by atoms with E-state index in [1.807, 2.05) is 0 Å². The van der Waals surface area contributed by atoms with Gasteiger partial charge in [-0.1, -0.05) is 0 Å². The van der Waals surface area contributed by atoms with Gasteiger partial charge in [0, 0.05) is 13.1 Å². The van der Waals surface area contributed by atoms with Gasteiger partial charge in [0.25, 0.3) is 0 Å². The fourth-order valence-corrected chi connectivity index (χ4v) is 2.82. The van der Waals surface area contributed by atoms with Crippen molar-refractivity contribution in [2.75, 3.05) is 19.6 Å². The molecule has 9 heteroatoms. The van der Waals surface area contributed by atoms with Crippen molar-refractivity contribution >= 4 is 17.8 Å². The minimum atomic E-state index is -5.01. The van der Waals surface area contributed by atoms with Crippen molar-refractivity contribution in [2.45, 2.75) is 39.0 Å². The highest BCUT2D eigenvalue weighted by Gasteiger charge is 2.65. The summed E-state index contributed by atoms with van der Waals surface area (Å²) in [6.45, 7) is 4.93. The van der Waals surface area contributed by atoms with E-state index >= 15 is 0 Å². The highest BCUT2D eigenvalue weighted by molar-refractivity contribution is 5.94. The average molecular weight is 336 g/mol. The molecule has 2 fully saturated rings. The number of halogens is 3. The number of piperidine rings is 1. The second-order valence-corrected chi connectivity index (χ2v) is 7.02. The first kappa shape index (κ1) is 17.6. The summed E-state index contributed by atoms with van der Waals surface area (Å²) >= 11 is 0. The molecule has 1 saturated heterocycles. The van der Waals surface area contributed by atoms with Gasteiger partial charge in [-0.15, -0.1) is 0 Å². The van der Waals surface area contributed by atoms with E-state index in [2.05, 4.69) is 0 Å². The van der Waals surface area contributed by atoms with Crippen LogP contribution in [0.25, 0.3) is 0 Å². The number of alkyl halides is 3. The predicted molar refractivity (Wildman–Crippen MR) is 72.4 cm³/mol. The molecule has 130 valence electrons. The topological polar surface area (TPSA) is 75.7 Å². The molecule has 1 heterocycles. The molecule has 2 amide bonds. The molecule has 2 rings (SSSR count). The number of ketones is 1. The third kappa shape index (κ3) is 3.76. The van der Waals surface area contributed by atoms with Gasteiger partial charge in [-0.2, -0.15) is 13.2 Å². The fraction of sp³-hybridized carbons (Fsp3) is 0.786. The van der Waals surface area contributed by atoms with E-state index in [0.29, 0.717) is 13.0 Å². The summed E-state index contributed by atoms with van der Waals surface area (Å²) in [5.74, 6) is -2.70. The van der Waals surface area contributed by atoms with Gasteiger partial charge in [0.2, 0.25) is 0 Å². The Morgan fingerprint density at radius 1 is 1.26 bits per heavy atom. The summed E-state index contributed by atoms with van der Waals surface area (Å²) in [6, 6.07) is 0. The molecule has 2 atom stereocenters. The number of Topliss-reactive ketones (excluding diaryl/α,β-unsaturated/α-hetero) is 1. The lowest BCUT2D eigenvalue weighted by Crippen LogP contribution is -2.43. The number of hydrogen-bond donors (Lipinski definition) is 1. The van der Waals surface area contributed by atoms with Crippen LogP contribution in [0, 0.1) is 11.3 Å². The molecular formula is C14H19F3N2O4. The molecule has 0 aromatic carbocycles. The van der Waals surface area contributed by atoms with Crippen molar-refractivity contribution in [3.63, 3.8) is 0 Å². The Morgan fingerprint density at radius 2 is 1.87 bits per heavy atom. The van der Waals surface area contributed by atoms with Gasteiger partial charge in [-0.05, 0) is 33.1 Å². The van der Waals surface area contributed by atoms with Crippen molar-refractivity contribution in [3.05, 3.63) is 0 Å². The van der Waals surface area contributed by atoms with E-state index in [0.717, 1.165) is 0 Å². The lowest BCUT2D eigenvalue weighted by atomic mass is 10.00. The second kappa shape index (κ2) is 5.38. The minimum Gasteiger partial charge on any atom is -0.444 e. The summed E-state index contributed by atoms with van der Waals surface area (Å²) in [5.41, 5.74) is -1.50. The van der Waals surface area contributed by atoms with Gasteiger partial charge in [-0.25, -0.2) is 4.79 Å². The molecule has 0 aromatic heterocycles. The number of hydrogen-bond acceptors (Lipinski definition) is 4. The molecule has 0 aromatic rings. The maximum Gasteiger partial charge on any atom is 0.471 e. The number of nitrogens with one attached hydrogen (secondary N) is 1. The van der Waals surface area contributed by atoms with Crippen LogP contribution in [0.4, 0.5) is 18.0 Å². The largest absolute Gasteiger partial charge is 0.471 e. The lowest BCUT2D eigenvalue weighted by molar-refractivity contribution is -0.173. The van der Waals surface area contributed by atoms with Gasteiger partial charge in [0.05, 0.1) is 12.0 Å². The summed E-state index contributed by atoms with van der Waals surface area (Å²) in [7, 11) is 0. The van der Waals surface area contributed by atoms with Crippen LogP contribution in [0.3, 0.4) is 0 Å². The van der Waals surface area contributed by atoms with Crippen LogP contribution in [0.5, 0.6) is 0 Å². The first-order valence-corrected chi connectivity index (χ1v) is 7.21. The van der Waals surface area contributed by atoms with E-state index in [4.69, 9.17) is 4.74 Å². The van der Waals surface area contributed by atoms with Crippen molar-refractivity contribution in [3.8, 4) is 0 Å². The molecule has 0 radical (unpaired) electrons. The Kier molecular flexibility index (Phi) is 4.11. The highest BCUT2D eigenvalue weighted by atomic mass is 19.4. The molecule has 1 aliphatic carbocycles. The number of carbonyl (C=O) groups excluding carboxylic acids is 3. The second-order valence-electron chi connectivity index (χ2n) is 7.02. The zero-order valence-electron chi connectivity index (χ0n) is 13.1. The highest BCUT2D eigenvalue weighted by Crippen LogP contribution is 2.58. The molecule has 6 nitrogen and oxygen atoms in total. The van der Waals surface area contributed by atoms with Crippen LogP contribution in [-0.4, -0.2) is 54.1 Å². The number of nitrogens with zero attached hydrogens (tertiary/aromatic N) is 1. The number of ether oxygens (including phenoxy) is 1. The summed E-state index contributed by atoms with van der Waals surface area (Å²) in [6.07, 6.45) is -5.04. The lowest BCUT2D eigenvalue weighted by Gasteiger charge is -2.26. The van der Waals surface area contributed by atoms with Crippen LogP contribution in [-0.2, 0) is 14.3 Å². The first-order chi connectivity index (χ1) is 10.3. The third-order valence-electron chi connectivity index (χ3n) is 4.02. The van der Waals surface area contributed by atoms with Crippen molar-refractivity contribution in [1.29, 1.82) is 0 Å². The Labute approximate surface area is 131 Å². The van der Waals surface area contributed by atoms with E-state index in [9.17, 15) is 27.6 Å². The minimum absolute atomic E-state index is 0.0784. The number of carbonyl (C=O) groups is 3. The monoisotopic (exact) mass is 336 g/mol. The van der Waals surface area contributed by atoms with Crippen molar-refractivity contribution in [2.24, 2.45) is 11.3 Å². The number of likely N-dealkylation sites (tertiary alicyclic amines) is 1. The maximum absolute atomic E-state index is 12.1. The molecule has 1 aliphatic heterocycles. The maximum atomic E-state index is 12.1. The van der Waals surface area contributed by atoms with Gasteiger partial charge < -0.3 is 15.0 Å². The van der Waals surface area contributed by atoms with E-state index in [1.54, 1.807) is 26.1 Å². The molecule has 0 spiro atoms. The zero-order valence-corrected chi connectivity index (χ0v) is 13.1. The quantitative estimate of drug-likeness (QED) is 0.847. The number of fused-ring (bicyclic) bond motifs is 1. The van der Waals surface area contributed by atoms with Crippen LogP contribution in [0.2, 0.25) is 0 Å². The predicted octanol–water partition coefficient (Wildman–Crippen LogP) is 1.49. The Bertz CT molecular complexity index is 541. The molecule has 1 N–H and O–H groups in total. The zero-order chi connectivity index (χ0) is 17.6. The molecule has 23 heavy (non-hydrogen) atoms. The van der Waals surface area contributed by atoms with E-state index < -0.39 is 41.5 Å². The molecule has 1 saturated carbocycles. The SMILES string of the molecule is CC(C)(C)OC(=O)N1CC2CC2(C(=O)CNC(=O)C(F)(F)F)C1.